The number of carboxylic acid groups (broad SMARTS) is 1. The molecule has 1 aliphatic carbocycles. The zero-order valence-electron chi connectivity index (χ0n) is 34.6. The fourth-order valence-corrected chi connectivity index (χ4v) is 11.3. The molecule has 9 nitrogen and oxygen atoms in total. The third-order valence-corrected chi connectivity index (χ3v) is 14.4. The molecule has 6 aromatic rings. The number of thiazole rings is 2. The van der Waals surface area contributed by atoms with Gasteiger partial charge in [0.05, 0.1) is 4.53 Å². The average Bonchev–Trinajstić information content (AvgIpc) is 4.05. The van der Waals surface area contributed by atoms with Crippen LogP contribution in [0.15, 0.2) is 113 Å². The topological polar surface area (TPSA) is 132 Å². The first-order valence-corrected chi connectivity index (χ1v) is 23.0. The van der Waals surface area contributed by atoms with Crippen molar-refractivity contribution in [3.63, 3.8) is 0 Å². The van der Waals surface area contributed by atoms with Crippen molar-refractivity contribution >= 4 is 63.3 Å². The van der Waals surface area contributed by atoms with Gasteiger partial charge in [-0.15, -0.1) is 22.7 Å². The molecule has 312 valence electrons. The minimum Gasteiger partial charge on any atom is -0.480 e. The van der Waals surface area contributed by atoms with Crippen LogP contribution in [0.3, 0.4) is 0 Å². The summed E-state index contributed by atoms with van der Waals surface area (Å²) in [6, 6.07) is 40.1. The van der Waals surface area contributed by atoms with E-state index in [0.29, 0.717) is 29.5 Å². The van der Waals surface area contributed by atoms with Gasteiger partial charge in [-0.25, -0.2) is 0 Å². The van der Waals surface area contributed by atoms with Gasteiger partial charge >= 0.3 is 5.97 Å². The summed E-state index contributed by atoms with van der Waals surface area (Å²) in [5, 5.41) is 29.5. The number of aliphatic carboxylic acids is 1. The Morgan fingerprint density at radius 2 is 1.45 bits per heavy atom. The summed E-state index contributed by atoms with van der Waals surface area (Å²) in [6.45, 7) is 1.83. The molecular weight excluding hydrogens is 811 g/mol. The molecule has 0 amide bonds. The number of anilines is 2. The van der Waals surface area contributed by atoms with Crippen LogP contribution in [-0.4, -0.2) is 26.3 Å². The number of hydrogen-bond donors (Lipinski definition) is 1. The first-order chi connectivity index (χ1) is 30.3. The molecular formula is C51H47N5O4S2. The fourth-order valence-electron chi connectivity index (χ4n) is 8.99. The van der Waals surface area contributed by atoms with Gasteiger partial charge in [0.25, 0.3) is 11.1 Å². The third-order valence-electron chi connectivity index (χ3n) is 11.9. The highest BCUT2D eigenvalue weighted by Gasteiger charge is 2.42. The molecule has 8 rings (SSSR count). The van der Waals surface area contributed by atoms with Crippen LogP contribution in [0, 0.1) is 31.9 Å². The van der Waals surface area contributed by atoms with Gasteiger partial charge < -0.3 is 10.0 Å². The summed E-state index contributed by atoms with van der Waals surface area (Å²) in [6.07, 6.45) is 13.2. The molecule has 1 aliphatic heterocycles. The molecule has 2 atom stereocenters. The summed E-state index contributed by atoms with van der Waals surface area (Å²) in [5.41, 5.74) is 7.75. The van der Waals surface area contributed by atoms with Crippen molar-refractivity contribution in [2.45, 2.75) is 89.8 Å². The Morgan fingerprint density at radius 1 is 0.790 bits per heavy atom. The second kappa shape index (κ2) is 19.0. The van der Waals surface area contributed by atoms with Gasteiger partial charge in [0.1, 0.15) is 32.5 Å². The third kappa shape index (κ3) is 8.65. The van der Waals surface area contributed by atoms with Crippen LogP contribution in [0.5, 0.6) is 0 Å². The van der Waals surface area contributed by atoms with Crippen LogP contribution in [0.2, 0.25) is 0 Å². The Balaban J connectivity index is 1.16. The van der Waals surface area contributed by atoms with Crippen LogP contribution in [0.4, 0.5) is 11.4 Å². The molecule has 0 bridgehead atoms. The molecule has 1 fully saturated rings. The van der Waals surface area contributed by atoms with Gasteiger partial charge in [-0.05, 0) is 89.1 Å². The van der Waals surface area contributed by atoms with E-state index >= 15 is 0 Å². The average molecular weight is 858 g/mol. The number of hydrogen-bond acceptors (Lipinski definition) is 8. The van der Waals surface area contributed by atoms with Crippen LogP contribution < -0.4 is 25.2 Å². The van der Waals surface area contributed by atoms with E-state index in [1.54, 1.807) is 6.08 Å². The van der Waals surface area contributed by atoms with Crippen molar-refractivity contribution in [1.82, 2.24) is 9.13 Å². The molecule has 3 heterocycles. The lowest BCUT2D eigenvalue weighted by molar-refractivity contribution is -0.137. The predicted octanol–water partition coefficient (Wildman–Crippen LogP) is 9.27. The monoisotopic (exact) mass is 857 g/mol. The highest BCUT2D eigenvalue weighted by Crippen LogP contribution is 2.52. The minimum atomic E-state index is -1.22. The highest BCUT2D eigenvalue weighted by atomic mass is 32.1. The zero-order chi connectivity index (χ0) is 43.2. The van der Waals surface area contributed by atoms with Crippen molar-refractivity contribution in [3.8, 4) is 12.1 Å². The Kier molecular flexibility index (Phi) is 12.9. The van der Waals surface area contributed by atoms with E-state index in [-0.39, 0.29) is 19.4 Å². The summed E-state index contributed by atoms with van der Waals surface area (Å²) < 4.78 is 3.45. The number of rotatable bonds is 14. The lowest BCUT2D eigenvalue weighted by atomic mass is 9.95. The molecule has 1 N–H and O–H groups in total. The standard InChI is InChI=1S/C51H47N5O4S2/c1-2-3-4-5-6-13-27-54-49(60)47(62-50(54)38(31-52)32-53)51-55(33-46(57)58)48(59)45(61-51)30-35-23-26-44-42(29-35)40-19-14-20-43(40)56(44)39-24-21-34(22-25-39)28-41(36-15-9-7-10-16-36)37-17-11-8-12-18-37/h7-12,15-18,21-26,28-30,40,43H,2-6,13-14,19-20,27,33H2,1H3,(H,57,58)/b45-30+,51-47+. The first-order valence-electron chi connectivity index (χ1n) is 21.4. The van der Waals surface area contributed by atoms with E-state index in [1.165, 1.54) is 10.1 Å². The van der Waals surface area contributed by atoms with Gasteiger partial charge in [-0.1, -0.05) is 124 Å². The highest BCUT2D eigenvalue weighted by molar-refractivity contribution is 7.11. The lowest BCUT2D eigenvalue weighted by Crippen LogP contribution is -2.30. The fraction of sp³-hybridized carbons (Fsp3) is 0.275. The van der Waals surface area contributed by atoms with Crippen LogP contribution in [-0.2, 0) is 17.9 Å². The maximum Gasteiger partial charge on any atom is 0.323 e. The molecule has 11 heteroatoms. The number of nitriles is 2. The minimum absolute atomic E-state index is 0.147. The summed E-state index contributed by atoms with van der Waals surface area (Å²) in [5.74, 6) is -0.895. The quantitative estimate of drug-likeness (QED) is 0.0854. The number of unbranched alkanes of at least 4 members (excludes halogenated alkanes) is 5. The van der Waals surface area contributed by atoms with Gasteiger partial charge in [-0.2, -0.15) is 10.5 Å². The Labute approximate surface area is 368 Å². The van der Waals surface area contributed by atoms with Gasteiger partial charge in [0, 0.05) is 29.9 Å². The van der Waals surface area contributed by atoms with Crippen molar-refractivity contribution in [3.05, 3.63) is 170 Å². The number of nitrogens with zero attached hydrogens (tertiary/aromatic N) is 5. The number of carbonyl (C=O) groups is 1. The molecule has 2 aromatic heterocycles. The molecule has 0 radical (unpaired) electrons. The van der Waals surface area contributed by atoms with Crippen LogP contribution >= 0.6 is 22.7 Å². The SMILES string of the molecule is CCCCCCCCn1c(=C(C#N)C#N)s/c(=c2/s/c(=C/c3ccc4c(c3)C3CCCC3N4c3ccc(C=C(c4ccccc4)c4ccccc4)cc3)c(=O)n2CC(=O)O)c1=O. The number of aromatic nitrogens is 2. The maximum atomic E-state index is 14.0. The van der Waals surface area contributed by atoms with Crippen molar-refractivity contribution < 1.29 is 9.90 Å². The molecule has 0 saturated heterocycles. The van der Waals surface area contributed by atoms with E-state index in [4.69, 9.17) is 0 Å². The Morgan fingerprint density at radius 3 is 2.11 bits per heavy atom. The second-order valence-electron chi connectivity index (χ2n) is 15.9. The van der Waals surface area contributed by atoms with E-state index in [2.05, 4.69) is 103 Å². The van der Waals surface area contributed by atoms with Crippen molar-refractivity contribution in [2.24, 2.45) is 0 Å². The van der Waals surface area contributed by atoms with Crippen LogP contribution in [0.1, 0.15) is 98.4 Å². The van der Waals surface area contributed by atoms with E-state index in [1.807, 2.05) is 30.3 Å². The largest absolute Gasteiger partial charge is 0.480 e. The van der Waals surface area contributed by atoms with E-state index in [0.717, 1.165) is 118 Å². The maximum absolute atomic E-state index is 14.0. The van der Waals surface area contributed by atoms with Gasteiger partial charge in [-0.3, -0.25) is 23.5 Å². The smallest absolute Gasteiger partial charge is 0.323 e. The zero-order valence-corrected chi connectivity index (χ0v) is 36.3. The van der Waals surface area contributed by atoms with Crippen LogP contribution in [0.25, 0.3) is 23.3 Å². The molecule has 2 aliphatic rings. The summed E-state index contributed by atoms with van der Waals surface area (Å²) in [7, 11) is 0. The molecule has 62 heavy (non-hydrogen) atoms. The first kappa shape index (κ1) is 42.2. The molecule has 4 aromatic carbocycles. The number of carboxylic acids is 1. The van der Waals surface area contributed by atoms with Gasteiger partial charge in [0.2, 0.25) is 0 Å². The normalized spacial score (nSPS) is 16.0. The van der Waals surface area contributed by atoms with Crippen molar-refractivity contribution in [2.75, 3.05) is 4.90 Å². The summed E-state index contributed by atoms with van der Waals surface area (Å²) in [4.78, 5) is 42.6. The molecule has 1 saturated carbocycles. The van der Waals surface area contributed by atoms with E-state index < -0.39 is 23.6 Å². The molecule has 0 spiro atoms. The Bertz CT molecular complexity index is 3020. The number of fused-ring (bicyclic) bond motifs is 3. The Hall–Kier alpha value is -6.53. The second-order valence-corrected chi connectivity index (χ2v) is 18.0. The van der Waals surface area contributed by atoms with E-state index in [9.17, 15) is 30.0 Å². The predicted molar refractivity (Wildman–Crippen MR) is 249 cm³/mol. The molecule has 2 unspecified atom stereocenters. The summed E-state index contributed by atoms with van der Waals surface area (Å²) >= 11 is 2.04. The number of benzene rings is 4. The lowest BCUT2D eigenvalue weighted by Gasteiger charge is -2.27. The van der Waals surface area contributed by atoms with Crippen molar-refractivity contribution in [1.29, 1.82) is 10.5 Å². The van der Waals surface area contributed by atoms with Gasteiger partial charge in [0.15, 0.2) is 5.57 Å².